The molecule has 3 aromatic rings. The quantitative estimate of drug-likeness (QED) is 0.712. The van der Waals surface area contributed by atoms with Crippen LogP contribution in [0.1, 0.15) is 13.8 Å². The van der Waals surface area contributed by atoms with Gasteiger partial charge in [0.15, 0.2) is 0 Å². The molecule has 1 heterocycles. The molecule has 0 bridgehead atoms. The van der Waals surface area contributed by atoms with Crippen LogP contribution >= 0.6 is 11.6 Å². The van der Waals surface area contributed by atoms with E-state index in [0.717, 1.165) is 10.6 Å². The molecule has 1 amide bonds. The zero-order chi connectivity index (χ0) is 20.4. The van der Waals surface area contributed by atoms with Gasteiger partial charge in [-0.15, -0.1) is 0 Å². The maximum atomic E-state index is 13.5. The summed E-state index contributed by atoms with van der Waals surface area (Å²) in [6, 6.07) is 10.1. The minimum absolute atomic E-state index is 0.128. The Morgan fingerprint density at radius 2 is 1.89 bits per heavy atom. The molecule has 0 fully saturated rings. The molecule has 0 unspecified atom stereocenters. The Labute approximate surface area is 165 Å². The zero-order valence-electron chi connectivity index (χ0n) is 15.4. The van der Waals surface area contributed by atoms with Crippen molar-refractivity contribution in [3.05, 3.63) is 74.1 Å². The second-order valence-corrected chi connectivity index (χ2v) is 7.23. The lowest BCUT2D eigenvalue weighted by atomic mass is 10.2. The van der Waals surface area contributed by atoms with Gasteiger partial charge in [0.05, 0.1) is 21.6 Å². The number of carbonyl (C=O) groups is 1. The topological polar surface area (TPSA) is 73.1 Å². The van der Waals surface area contributed by atoms with Crippen molar-refractivity contribution < 1.29 is 9.18 Å². The summed E-state index contributed by atoms with van der Waals surface area (Å²) in [5, 5.41) is 2.81. The van der Waals surface area contributed by atoms with Crippen molar-refractivity contribution in [2.75, 3.05) is 6.54 Å². The highest BCUT2D eigenvalue weighted by molar-refractivity contribution is 6.30. The Kier molecular flexibility index (Phi) is 5.65. The van der Waals surface area contributed by atoms with E-state index < -0.39 is 17.1 Å². The van der Waals surface area contributed by atoms with Crippen LogP contribution in [-0.4, -0.2) is 21.6 Å². The molecule has 3 rings (SSSR count). The average molecular weight is 404 g/mol. The lowest BCUT2D eigenvalue weighted by molar-refractivity contribution is -0.121. The molecule has 1 aromatic heterocycles. The van der Waals surface area contributed by atoms with Crippen LogP contribution in [0.3, 0.4) is 0 Å². The van der Waals surface area contributed by atoms with Crippen molar-refractivity contribution in [2.24, 2.45) is 5.92 Å². The number of rotatable bonds is 5. The summed E-state index contributed by atoms with van der Waals surface area (Å²) in [6.07, 6.45) is 0. The monoisotopic (exact) mass is 403 g/mol. The van der Waals surface area contributed by atoms with Crippen molar-refractivity contribution in [1.29, 1.82) is 0 Å². The van der Waals surface area contributed by atoms with Crippen molar-refractivity contribution in [3.63, 3.8) is 0 Å². The fraction of sp³-hybridized carbons (Fsp3) is 0.250. The molecule has 28 heavy (non-hydrogen) atoms. The van der Waals surface area contributed by atoms with Crippen LogP contribution in [0.4, 0.5) is 4.39 Å². The molecule has 0 radical (unpaired) electrons. The number of carbonyl (C=O) groups excluding carboxylic acids is 1. The molecule has 0 aliphatic rings. The first-order valence-corrected chi connectivity index (χ1v) is 9.14. The molecule has 8 heteroatoms. The number of aromatic nitrogens is 2. The molecular weight excluding hydrogens is 385 g/mol. The molecule has 0 atom stereocenters. The van der Waals surface area contributed by atoms with Crippen LogP contribution in [0.5, 0.6) is 0 Å². The largest absolute Gasteiger partial charge is 0.354 e. The SMILES string of the molecule is CC(C)CNC(=O)Cn1c(=O)n(-c2ccc(F)c(Cl)c2)c(=O)c2ccccc21. The molecule has 1 N–H and O–H groups in total. The highest BCUT2D eigenvalue weighted by atomic mass is 35.5. The van der Waals surface area contributed by atoms with Gasteiger partial charge in [-0.2, -0.15) is 0 Å². The average Bonchev–Trinajstić information content (AvgIpc) is 2.66. The molecule has 0 saturated heterocycles. The molecular formula is C20H19ClFN3O3. The van der Waals surface area contributed by atoms with E-state index in [4.69, 9.17) is 11.6 Å². The van der Waals surface area contributed by atoms with Crippen molar-refractivity contribution >= 4 is 28.4 Å². The third-order valence-corrected chi connectivity index (χ3v) is 4.51. The van der Waals surface area contributed by atoms with E-state index in [1.165, 1.54) is 16.7 Å². The number of amides is 1. The molecule has 0 aliphatic carbocycles. The van der Waals surface area contributed by atoms with Gasteiger partial charge in [0.2, 0.25) is 5.91 Å². The minimum Gasteiger partial charge on any atom is -0.354 e. The predicted octanol–water partition coefficient (Wildman–Crippen LogP) is 2.72. The van der Waals surface area contributed by atoms with Gasteiger partial charge >= 0.3 is 5.69 Å². The third kappa shape index (κ3) is 3.84. The van der Waals surface area contributed by atoms with E-state index in [1.807, 2.05) is 13.8 Å². The van der Waals surface area contributed by atoms with E-state index >= 15 is 0 Å². The Hall–Kier alpha value is -2.93. The number of hydrogen-bond acceptors (Lipinski definition) is 3. The molecule has 0 saturated carbocycles. The number of nitrogens with one attached hydrogen (secondary N) is 1. The molecule has 0 spiro atoms. The minimum atomic E-state index is -0.703. The summed E-state index contributed by atoms with van der Waals surface area (Å²) in [5.41, 5.74) is -0.793. The third-order valence-electron chi connectivity index (χ3n) is 4.22. The van der Waals surface area contributed by atoms with Crippen LogP contribution in [0.25, 0.3) is 16.6 Å². The summed E-state index contributed by atoms with van der Waals surface area (Å²) < 4.78 is 15.6. The Bertz CT molecular complexity index is 1170. The first-order valence-electron chi connectivity index (χ1n) is 8.76. The summed E-state index contributed by atoms with van der Waals surface area (Å²) in [5.74, 6) is -0.747. The van der Waals surface area contributed by atoms with Crippen LogP contribution in [0.15, 0.2) is 52.1 Å². The van der Waals surface area contributed by atoms with Gasteiger partial charge < -0.3 is 5.32 Å². The predicted molar refractivity (Wildman–Crippen MR) is 107 cm³/mol. The van der Waals surface area contributed by atoms with Crippen molar-refractivity contribution in [2.45, 2.75) is 20.4 Å². The highest BCUT2D eigenvalue weighted by Crippen LogP contribution is 2.18. The van der Waals surface area contributed by atoms with Gasteiger partial charge in [0, 0.05) is 6.54 Å². The van der Waals surface area contributed by atoms with E-state index in [2.05, 4.69) is 5.32 Å². The second kappa shape index (κ2) is 7.98. The van der Waals surface area contributed by atoms with Crippen LogP contribution in [0, 0.1) is 11.7 Å². The standard InChI is InChI=1S/C20H19ClFN3O3/c1-12(2)10-23-18(26)11-24-17-6-4-3-5-14(17)19(27)25(20(24)28)13-7-8-16(22)15(21)9-13/h3-9,12H,10-11H2,1-2H3,(H,23,26). The van der Waals surface area contributed by atoms with Gasteiger partial charge in [-0.3, -0.25) is 14.2 Å². The summed E-state index contributed by atoms with van der Waals surface area (Å²) in [7, 11) is 0. The fourth-order valence-electron chi connectivity index (χ4n) is 2.84. The smallest absolute Gasteiger partial charge is 0.336 e. The Morgan fingerprint density at radius 1 is 1.18 bits per heavy atom. The van der Waals surface area contributed by atoms with Gasteiger partial charge in [0.25, 0.3) is 5.56 Å². The van der Waals surface area contributed by atoms with Gasteiger partial charge in [-0.25, -0.2) is 13.8 Å². The van der Waals surface area contributed by atoms with Crippen molar-refractivity contribution in [1.82, 2.24) is 14.5 Å². The number of benzene rings is 2. The lowest BCUT2D eigenvalue weighted by Crippen LogP contribution is -2.42. The zero-order valence-corrected chi connectivity index (χ0v) is 16.2. The first-order chi connectivity index (χ1) is 13.3. The highest BCUT2D eigenvalue weighted by Gasteiger charge is 2.17. The number of para-hydroxylation sites is 1. The van der Waals surface area contributed by atoms with Crippen LogP contribution in [0.2, 0.25) is 5.02 Å². The Balaban J connectivity index is 2.20. The van der Waals surface area contributed by atoms with Crippen LogP contribution in [-0.2, 0) is 11.3 Å². The molecule has 2 aromatic carbocycles. The molecule has 0 aliphatic heterocycles. The fourth-order valence-corrected chi connectivity index (χ4v) is 3.02. The Morgan fingerprint density at radius 3 is 2.57 bits per heavy atom. The van der Waals surface area contributed by atoms with Crippen LogP contribution < -0.4 is 16.6 Å². The summed E-state index contributed by atoms with van der Waals surface area (Å²) in [6.45, 7) is 4.14. The summed E-state index contributed by atoms with van der Waals surface area (Å²) >= 11 is 5.82. The maximum absolute atomic E-state index is 13.5. The van der Waals surface area contributed by atoms with Gasteiger partial charge in [-0.1, -0.05) is 37.6 Å². The lowest BCUT2D eigenvalue weighted by Gasteiger charge is -2.15. The van der Waals surface area contributed by atoms with E-state index in [-0.39, 0.29) is 34.5 Å². The number of hydrogen-bond donors (Lipinski definition) is 1. The second-order valence-electron chi connectivity index (χ2n) is 6.82. The molecule has 6 nitrogen and oxygen atoms in total. The normalized spacial score (nSPS) is 11.2. The molecule has 146 valence electrons. The number of halogens is 2. The first kappa shape index (κ1) is 19.8. The maximum Gasteiger partial charge on any atom is 0.336 e. The van der Waals surface area contributed by atoms with Crippen molar-refractivity contribution in [3.8, 4) is 5.69 Å². The number of nitrogens with zero attached hydrogens (tertiary/aromatic N) is 2. The number of fused-ring (bicyclic) bond motifs is 1. The van der Waals surface area contributed by atoms with Gasteiger partial charge in [0.1, 0.15) is 12.4 Å². The summed E-state index contributed by atoms with van der Waals surface area (Å²) in [4.78, 5) is 38.3. The van der Waals surface area contributed by atoms with E-state index in [9.17, 15) is 18.8 Å². The van der Waals surface area contributed by atoms with Gasteiger partial charge in [-0.05, 0) is 36.2 Å². The van der Waals surface area contributed by atoms with E-state index in [1.54, 1.807) is 24.3 Å². The van der Waals surface area contributed by atoms with E-state index in [0.29, 0.717) is 12.1 Å².